The molecule has 3 nitrogen and oxygen atoms in total. The molecule has 1 aromatic rings. The van der Waals surface area contributed by atoms with E-state index in [1.165, 1.54) is 24.2 Å². The van der Waals surface area contributed by atoms with E-state index in [9.17, 15) is 0 Å². The molecule has 0 aliphatic carbocycles. The van der Waals surface area contributed by atoms with Crippen LogP contribution in [-0.4, -0.2) is 22.4 Å². The maximum Gasteiger partial charge on any atom is 0.0624 e. The normalized spacial score (nSPS) is 14.6. The molecule has 0 aliphatic rings. The number of nitrogens with one attached hydrogen (secondary N) is 1. The molecule has 110 valence electrons. The van der Waals surface area contributed by atoms with Crippen LogP contribution in [0.15, 0.2) is 6.07 Å². The summed E-state index contributed by atoms with van der Waals surface area (Å²) in [5, 5.41) is 8.43. The first-order valence-electron chi connectivity index (χ1n) is 7.95. The van der Waals surface area contributed by atoms with Crippen molar-refractivity contribution in [2.24, 2.45) is 5.92 Å². The Labute approximate surface area is 118 Å². The third-order valence-corrected chi connectivity index (χ3v) is 4.00. The number of nitrogens with zero attached hydrogens (tertiary/aromatic N) is 2. The van der Waals surface area contributed by atoms with Gasteiger partial charge in [0.25, 0.3) is 0 Å². The standard InChI is InChI=1S/C16H31N3/c1-6-10-17-16(13(5)7-2)12-19-15(9-4)11-14(8-3)18-19/h11,13,16-17H,6-10,12H2,1-5H3. The van der Waals surface area contributed by atoms with Gasteiger partial charge in [-0.2, -0.15) is 5.10 Å². The average molecular weight is 265 g/mol. The van der Waals surface area contributed by atoms with Crippen LogP contribution in [0.25, 0.3) is 0 Å². The molecule has 1 aromatic heterocycles. The third-order valence-electron chi connectivity index (χ3n) is 4.00. The monoisotopic (exact) mass is 265 g/mol. The van der Waals surface area contributed by atoms with E-state index in [2.05, 4.69) is 50.7 Å². The summed E-state index contributed by atoms with van der Waals surface area (Å²) < 4.78 is 2.22. The van der Waals surface area contributed by atoms with Gasteiger partial charge < -0.3 is 5.32 Å². The number of hydrogen-bond acceptors (Lipinski definition) is 2. The van der Waals surface area contributed by atoms with Crippen molar-refractivity contribution in [3.05, 3.63) is 17.5 Å². The fraction of sp³-hybridized carbons (Fsp3) is 0.812. The average Bonchev–Trinajstić information content (AvgIpc) is 2.84. The molecule has 0 radical (unpaired) electrons. The van der Waals surface area contributed by atoms with Crippen molar-refractivity contribution >= 4 is 0 Å². The van der Waals surface area contributed by atoms with Crippen molar-refractivity contribution < 1.29 is 0 Å². The van der Waals surface area contributed by atoms with Gasteiger partial charge in [-0.3, -0.25) is 4.68 Å². The summed E-state index contributed by atoms with van der Waals surface area (Å²) in [5.41, 5.74) is 2.58. The minimum absolute atomic E-state index is 0.528. The predicted molar refractivity (Wildman–Crippen MR) is 82.5 cm³/mol. The van der Waals surface area contributed by atoms with E-state index in [-0.39, 0.29) is 0 Å². The summed E-state index contributed by atoms with van der Waals surface area (Å²) in [4.78, 5) is 0. The van der Waals surface area contributed by atoms with Gasteiger partial charge in [-0.15, -0.1) is 0 Å². The van der Waals surface area contributed by atoms with Crippen LogP contribution in [0.2, 0.25) is 0 Å². The van der Waals surface area contributed by atoms with Crippen LogP contribution in [0.3, 0.4) is 0 Å². The Hall–Kier alpha value is -0.830. The smallest absolute Gasteiger partial charge is 0.0624 e. The Kier molecular flexibility index (Phi) is 7.14. The Balaban J connectivity index is 2.79. The summed E-state index contributed by atoms with van der Waals surface area (Å²) in [6.45, 7) is 13.3. The van der Waals surface area contributed by atoms with Crippen LogP contribution in [0.1, 0.15) is 58.8 Å². The lowest BCUT2D eigenvalue weighted by atomic mass is 9.99. The molecule has 0 amide bonds. The Morgan fingerprint density at radius 3 is 2.47 bits per heavy atom. The van der Waals surface area contributed by atoms with E-state index in [0.717, 1.165) is 25.9 Å². The Morgan fingerprint density at radius 2 is 1.95 bits per heavy atom. The van der Waals surface area contributed by atoms with E-state index >= 15 is 0 Å². The Bertz CT molecular complexity index is 357. The molecule has 0 spiro atoms. The fourth-order valence-corrected chi connectivity index (χ4v) is 2.38. The summed E-state index contributed by atoms with van der Waals surface area (Å²) in [5.74, 6) is 0.686. The van der Waals surface area contributed by atoms with Crippen molar-refractivity contribution in [3.8, 4) is 0 Å². The first-order valence-corrected chi connectivity index (χ1v) is 7.95. The zero-order valence-corrected chi connectivity index (χ0v) is 13.4. The largest absolute Gasteiger partial charge is 0.312 e. The first-order chi connectivity index (χ1) is 9.15. The lowest BCUT2D eigenvalue weighted by Gasteiger charge is -2.25. The summed E-state index contributed by atoms with van der Waals surface area (Å²) >= 11 is 0. The molecule has 0 saturated heterocycles. The number of hydrogen-bond donors (Lipinski definition) is 1. The van der Waals surface area contributed by atoms with Crippen LogP contribution in [0.5, 0.6) is 0 Å². The highest BCUT2D eigenvalue weighted by Crippen LogP contribution is 2.13. The molecule has 2 atom stereocenters. The predicted octanol–water partition coefficient (Wildman–Crippen LogP) is 3.42. The second-order valence-electron chi connectivity index (χ2n) is 5.46. The van der Waals surface area contributed by atoms with Crippen molar-refractivity contribution in [2.75, 3.05) is 6.54 Å². The van der Waals surface area contributed by atoms with Gasteiger partial charge in [-0.1, -0.05) is 41.0 Å². The maximum atomic E-state index is 4.74. The van der Waals surface area contributed by atoms with E-state index < -0.39 is 0 Å². The van der Waals surface area contributed by atoms with Crippen LogP contribution < -0.4 is 5.32 Å². The zero-order valence-electron chi connectivity index (χ0n) is 13.4. The van der Waals surface area contributed by atoms with Crippen molar-refractivity contribution in [1.29, 1.82) is 0 Å². The molecular formula is C16H31N3. The lowest BCUT2D eigenvalue weighted by molar-refractivity contribution is 0.315. The molecule has 0 aliphatic heterocycles. The first kappa shape index (κ1) is 16.2. The molecule has 0 aromatic carbocycles. The van der Waals surface area contributed by atoms with E-state index in [4.69, 9.17) is 5.10 Å². The van der Waals surface area contributed by atoms with Gasteiger partial charge in [0.05, 0.1) is 12.2 Å². The van der Waals surface area contributed by atoms with Gasteiger partial charge in [-0.05, 0) is 37.8 Å². The van der Waals surface area contributed by atoms with E-state index in [0.29, 0.717) is 12.0 Å². The fourth-order valence-electron chi connectivity index (χ4n) is 2.38. The number of aryl methyl sites for hydroxylation is 2. The third kappa shape index (κ3) is 4.64. The Morgan fingerprint density at radius 1 is 1.21 bits per heavy atom. The second kappa shape index (κ2) is 8.36. The number of rotatable bonds is 9. The van der Waals surface area contributed by atoms with Crippen molar-refractivity contribution in [3.63, 3.8) is 0 Å². The molecular weight excluding hydrogens is 234 g/mol. The SMILES string of the molecule is CCCNC(Cn1nc(CC)cc1CC)C(C)CC. The molecule has 1 rings (SSSR count). The molecule has 0 saturated carbocycles. The van der Waals surface area contributed by atoms with Crippen LogP contribution in [0, 0.1) is 5.92 Å². The molecule has 0 fully saturated rings. The van der Waals surface area contributed by atoms with Crippen LogP contribution in [-0.2, 0) is 19.4 Å². The van der Waals surface area contributed by atoms with Gasteiger partial charge in [0.1, 0.15) is 0 Å². The highest BCUT2D eigenvalue weighted by Gasteiger charge is 2.17. The quantitative estimate of drug-likeness (QED) is 0.741. The topological polar surface area (TPSA) is 29.9 Å². The molecule has 19 heavy (non-hydrogen) atoms. The lowest BCUT2D eigenvalue weighted by Crippen LogP contribution is -2.39. The molecule has 0 bridgehead atoms. The van der Waals surface area contributed by atoms with Crippen LogP contribution >= 0.6 is 0 Å². The van der Waals surface area contributed by atoms with E-state index in [1.807, 2.05) is 0 Å². The molecule has 1 N–H and O–H groups in total. The maximum absolute atomic E-state index is 4.74. The van der Waals surface area contributed by atoms with E-state index in [1.54, 1.807) is 0 Å². The van der Waals surface area contributed by atoms with Crippen LogP contribution in [0.4, 0.5) is 0 Å². The van der Waals surface area contributed by atoms with Crippen molar-refractivity contribution in [2.45, 2.75) is 72.9 Å². The van der Waals surface area contributed by atoms with Crippen molar-refractivity contribution in [1.82, 2.24) is 15.1 Å². The zero-order chi connectivity index (χ0) is 14.3. The summed E-state index contributed by atoms with van der Waals surface area (Å²) in [7, 11) is 0. The molecule has 3 heteroatoms. The van der Waals surface area contributed by atoms with Gasteiger partial charge in [0, 0.05) is 11.7 Å². The highest BCUT2D eigenvalue weighted by atomic mass is 15.3. The summed E-state index contributed by atoms with van der Waals surface area (Å²) in [6.07, 6.45) is 4.49. The van der Waals surface area contributed by atoms with Gasteiger partial charge in [-0.25, -0.2) is 0 Å². The van der Waals surface area contributed by atoms with Gasteiger partial charge in [0.2, 0.25) is 0 Å². The number of aromatic nitrogens is 2. The highest BCUT2D eigenvalue weighted by molar-refractivity contribution is 5.10. The molecule has 2 unspecified atom stereocenters. The minimum Gasteiger partial charge on any atom is -0.312 e. The van der Waals surface area contributed by atoms with Gasteiger partial charge in [0.15, 0.2) is 0 Å². The second-order valence-corrected chi connectivity index (χ2v) is 5.46. The van der Waals surface area contributed by atoms with Gasteiger partial charge >= 0.3 is 0 Å². The summed E-state index contributed by atoms with van der Waals surface area (Å²) in [6, 6.07) is 2.79. The molecule has 1 heterocycles. The minimum atomic E-state index is 0.528.